The zero-order chi connectivity index (χ0) is 17.5. The maximum Gasteiger partial charge on any atom is 0.192 e. The van der Waals surface area contributed by atoms with Gasteiger partial charge in [0.25, 0.3) is 0 Å². The van der Waals surface area contributed by atoms with Crippen LogP contribution in [0.4, 0.5) is 10.2 Å². The molecule has 3 heterocycles. The van der Waals surface area contributed by atoms with E-state index in [2.05, 4.69) is 44.2 Å². The van der Waals surface area contributed by atoms with Crippen LogP contribution in [0.1, 0.15) is 26.3 Å². The molecule has 132 valence electrons. The summed E-state index contributed by atoms with van der Waals surface area (Å²) in [5.74, 6) is 0.228. The molecule has 0 unspecified atom stereocenters. The molecule has 0 saturated heterocycles. The van der Waals surface area contributed by atoms with Gasteiger partial charge < -0.3 is 14.6 Å². The highest BCUT2D eigenvalue weighted by Gasteiger charge is 2.37. The highest BCUT2D eigenvalue weighted by atomic mass is 28.4. The lowest BCUT2D eigenvalue weighted by Gasteiger charge is -2.36. The molecule has 1 aromatic rings. The van der Waals surface area contributed by atoms with Gasteiger partial charge in [-0.3, -0.25) is 0 Å². The van der Waals surface area contributed by atoms with E-state index < -0.39 is 8.32 Å². The Labute approximate surface area is 145 Å². The van der Waals surface area contributed by atoms with E-state index in [1.54, 1.807) is 12.3 Å². The Bertz CT molecular complexity index is 651. The van der Waals surface area contributed by atoms with Crippen molar-refractivity contribution in [2.24, 2.45) is 0 Å². The largest absolute Gasteiger partial charge is 0.412 e. The summed E-state index contributed by atoms with van der Waals surface area (Å²) in [6, 6.07) is 1.74. The average molecular weight is 350 g/mol. The highest BCUT2D eigenvalue weighted by Crippen LogP contribution is 2.37. The predicted molar refractivity (Wildman–Crippen MR) is 98.3 cm³/mol. The topological polar surface area (TPSA) is 37.4 Å². The summed E-state index contributed by atoms with van der Waals surface area (Å²) < 4.78 is 21.2. The number of nitrogens with one attached hydrogen (secondary N) is 1. The van der Waals surface area contributed by atoms with Gasteiger partial charge in [0.2, 0.25) is 0 Å². The molecule has 3 rings (SSSR count). The summed E-state index contributed by atoms with van der Waals surface area (Å²) in [5.41, 5.74) is 3.38. The Morgan fingerprint density at radius 2 is 1.88 bits per heavy atom. The molecule has 1 N–H and O–H groups in total. The minimum atomic E-state index is -1.90. The molecule has 0 atom stereocenters. The zero-order valence-corrected chi connectivity index (χ0v) is 16.4. The van der Waals surface area contributed by atoms with E-state index in [9.17, 15) is 4.39 Å². The van der Waals surface area contributed by atoms with E-state index in [1.165, 1.54) is 11.1 Å². The summed E-state index contributed by atoms with van der Waals surface area (Å²) in [7, 11) is -1.90. The Morgan fingerprint density at radius 3 is 2.46 bits per heavy atom. The van der Waals surface area contributed by atoms with E-state index in [4.69, 9.17) is 4.43 Å². The number of aromatic nitrogens is 1. The number of hydrogen-bond acceptors (Lipinski definition) is 4. The third-order valence-electron chi connectivity index (χ3n) is 5.59. The van der Waals surface area contributed by atoms with Gasteiger partial charge in [0.05, 0.1) is 6.61 Å². The second kappa shape index (κ2) is 6.24. The smallest absolute Gasteiger partial charge is 0.192 e. The maximum atomic E-state index is 15.0. The van der Waals surface area contributed by atoms with Crippen LogP contribution >= 0.6 is 0 Å². The third kappa shape index (κ3) is 3.27. The summed E-state index contributed by atoms with van der Waals surface area (Å²) in [5, 5.41) is 3.46. The normalized spacial score (nSPS) is 18.5. The van der Waals surface area contributed by atoms with E-state index in [-0.39, 0.29) is 10.9 Å². The molecule has 0 aromatic carbocycles. The van der Waals surface area contributed by atoms with Crippen LogP contribution < -0.4 is 10.2 Å². The van der Waals surface area contributed by atoms with Gasteiger partial charge in [0, 0.05) is 37.9 Å². The van der Waals surface area contributed by atoms with Crippen LogP contribution in [0.15, 0.2) is 23.4 Å². The van der Waals surface area contributed by atoms with Crippen LogP contribution in [0.2, 0.25) is 18.1 Å². The average Bonchev–Trinajstić information content (AvgIpc) is 3.06. The molecule has 2 aliphatic heterocycles. The summed E-state index contributed by atoms with van der Waals surface area (Å²) in [6.45, 7) is 14.7. The number of pyridine rings is 1. The molecule has 0 amide bonds. The first-order valence-corrected chi connectivity index (χ1v) is 11.5. The van der Waals surface area contributed by atoms with Gasteiger partial charge in [0.15, 0.2) is 20.0 Å². The molecule has 24 heavy (non-hydrogen) atoms. The van der Waals surface area contributed by atoms with Gasteiger partial charge in [-0.25, -0.2) is 9.37 Å². The van der Waals surface area contributed by atoms with Gasteiger partial charge in [-0.15, -0.1) is 0 Å². The molecule has 4 nitrogen and oxygen atoms in total. The van der Waals surface area contributed by atoms with Crippen molar-refractivity contribution in [3.05, 3.63) is 34.8 Å². The molecule has 0 bridgehead atoms. The predicted octanol–water partition coefficient (Wildman–Crippen LogP) is 3.46. The summed E-state index contributed by atoms with van der Waals surface area (Å²) >= 11 is 0. The minimum Gasteiger partial charge on any atom is -0.412 e. The lowest BCUT2D eigenvalue weighted by molar-refractivity contribution is 0.271. The summed E-state index contributed by atoms with van der Waals surface area (Å²) in [4.78, 5) is 6.34. The second-order valence-corrected chi connectivity index (χ2v) is 13.1. The van der Waals surface area contributed by atoms with Crippen molar-refractivity contribution < 1.29 is 8.82 Å². The van der Waals surface area contributed by atoms with Gasteiger partial charge in [-0.1, -0.05) is 20.8 Å². The van der Waals surface area contributed by atoms with Crippen molar-refractivity contribution >= 4 is 14.1 Å². The fraction of sp³-hybridized carbons (Fsp3) is 0.611. The lowest BCUT2D eigenvalue weighted by atomic mass is 10.2. The van der Waals surface area contributed by atoms with Gasteiger partial charge >= 0.3 is 0 Å². The van der Waals surface area contributed by atoms with E-state index in [0.29, 0.717) is 18.0 Å². The Hall–Kier alpha value is -1.24. The van der Waals surface area contributed by atoms with E-state index in [0.717, 1.165) is 26.2 Å². The van der Waals surface area contributed by atoms with Crippen molar-refractivity contribution in [1.29, 1.82) is 0 Å². The third-order valence-corrected chi connectivity index (χ3v) is 10.1. The minimum absolute atomic E-state index is 0.117. The number of nitrogens with zero attached hydrogens (tertiary/aromatic N) is 2. The first-order chi connectivity index (χ1) is 11.2. The summed E-state index contributed by atoms with van der Waals surface area (Å²) in [6.07, 6.45) is 1.70. The van der Waals surface area contributed by atoms with Crippen LogP contribution in [0.3, 0.4) is 0 Å². The maximum absolute atomic E-state index is 15.0. The molecule has 1 aromatic heterocycles. The van der Waals surface area contributed by atoms with Gasteiger partial charge in [0.1, 0.15) is 0 Å². The molecule has 6 heteroatoms. The molecule has 0 spiro atoms. The standard InChI is InChI=1S/C18H28FN3OSi/c1-18(2,3)24(4,5)23-12-13-6-7-21-17(16(13)19)22-10-14-8-20-9-15(14)11-22/h6-7,20H,8-12H2,1-5H3. The lowest BCUT2D eigenvalue weighted by Crippen LogP contribution is -2.40. The quantitative estimate of drug-likeness (QED) is 0.667. The van der Waals surface area contributed by atoms with Crippen molar-refractivity contribution in [1.82, 2.24) is 10.3 Å². The molecular weight excluding hydrogens is 321 g/mol. The first kappa shape index (κ1) is 17.6. The van der Waals surface area contributed by atoms with Crippen molar-refractivity contribution in [3.8, 4) is 0 Å². The van der Waals surface area contributed by atoms with Gasteiger partial charge in [-0.05, 0) is 35.3 Å². The molecule has 0 aliphatic carbocycles. The number of rotatable bonds is 4. The fourth-order valence-corrected chi connectivity index (χ4v) is 3.84. The Balaban J connectivity index is 1.73. The van der Waals surface area contributed by atoms with Gasteiger partial charge in [-0.2, -0.15) is 0 Å². The number of anilines is 1. The number of hydrogen-bond donors (Lipinski definition) is 1. The van der Waals surface area contributed by atoms with Crippen molar-refractivity contribution in [2.45, 2.75) is 45.5 Å². The molecular formula is C18H28FN3OSi. The SMILES string of the molecule is CC(C)(C)[Si](C)(C)OCc1ccnc(N2CC3=C(CNC3)C2)c1F. The van der Waals surface area contributed by atoms with E-state index in [1.807, 2.05) is 4.90 Å². The van der Waals surface area contributed by atoms with Crippen LogP contribution in [0, 0.1) is 5.82 Å². The Morgan fingerprint density at radius 1 is 1.25 bits per heavy atom. The van der Waals surface area contributed by atoms with Crippen molar-refractivity contribution in [3.63, 3.8) is 0 Å². The zero-order valence-electron chi connectivity index (χ0n) is 15.4. The molecule has 0 radical (unpaired) electrons. The second-order valence-electron chi connectivity index (χ2n) is 8.32. The molecule has 2 aliphatic rings. The van der Waals surface area contributed by atoms with Crippen molar-refractivity contribution in [2.75, 3.05) is 31.1 Å². The van der Waals surface area contributed by atoms with Crippen LogP contribution in [-0.4, -0.2) is 39.5 Å². The highest BCUT2D eigenvalue weighted by molar-refractivity contribution is 6.74. The molecule has 0 fully saturated rings. The van der Waals surface area contributed by atoms with E-state index >= 15 is 0 Å². The molecule has 0 saturated carbocycles. The first-order valence-electron chi connectivity index (χ1n) is 8.62. The monoisotopic (exact) mass is 349 g/mol. The Kier molecular flexibility index (Phi) is 4.57. The van der Waals surface area contributed by atoms with Crippen LogP contribution in [-0.2, 0) is 11.0 Å². The number of halogens is 1. The fourth-order valence-electron chi connectivity index (χ4n) is 2.89. The van der Waals surface area contributed by atoms with Crippen LogP contribution in [0.5, 0.6) is 0 Å². The van der Waals surface area contributed by atoms with Crippen LogP contribution in [0.25, 0.3) is 0 Å².